The standard InChI is InChI=1S/C9H11NS2/c1-2-3-8-11-12-9-6-4-5-7-10-9/h2,4-7H,1,3,8H2. The number of rotatable bonds is 5. The third-order valence-electron chi connectivity index (χ3n) is 1.19. The van der Waals surface area contributed by atoms with Gasteiger partial charge < -0.3 is 0 Å². The fraction of sp³-hybridized carbons (Fsp3) is 0.222. The van der Waals surface area contributed by atoms with Crippen LogP contribution in [0.4, 0.5) is 0 Å². The highest BCUT2D eigenvalue weighted by Gasteiger charge is 1.92. The molecule has 0 aromatic carbocycles. The summed E-state index contributed by atoms with van der Waals surface area (Å²) in [5, 5.41) is 1.08. The van der Waals surface area contributed by atoms with Gasteiger partial charge in [0.15, 0.2) is 0 Å². The van der Waals surface area contributed by atoms with Gasteiger partial charge in [-0.3, -0.25) is 0 Å². The predicted molar refractivity (Wildman–Crippen MR) is 57.4 cm³/mol. The molecule has 1 nitrogen and oxygen atoms in total. The second-order valence-electron chi connectivity index (χ2n) is 2.15. The highest BCUT2D eigenvalue weighted by atomic mass is 33.1. The van der Waals surface area contributed by atoms with Gasteiger partial charge in [-0.2, -0.15) is 0 Å². The summed E-state index contributed by atoms with van der Waals surface area (Å²) in [6.45, 7) is 3.67. The van der Waals surface area contributed by atoms with Gasteiger partial charge in [-0.25, -0.2) is 4.98 Å². The molecule has 3 heteroatoms. The first-order chi connectivity index (χ1) is 5.93. The second-order valence-corrected chi connectivity index (χ2v) is 4.59. The van der Waals surface area contributed by atoms with Crippen molar-refractivity contribution in [3.8, 4) is 0 Å². The largest absolute Gasteiger partial charge is 0.249 e. The summed E-state index contributed by atoms with van der Waals surface area (Å²) in [6, 6.07) is 5.95. The maximum Gasteiger partial charge on any atom is 0.106 e. The van der Waals surface area contributed by atoms with Crippen LogP contribution in [-0.2, 0) is 0 Å². The maximum atomic E-state index is 4.19. The molecule has 64 valence electrons. The van der Waals surface area contributed by atoms with Crippen LogP contribution >= 0.6 is 21.6 Å². The monoisotopic (exact) mass is 197 g/mol. The molecule has 12 heavy (non-hydrogen) atoms. The summed E-state index contributed by atoms with van der Waals surface area (Å²) in [5.74, 6) is 1.10. The average Bonchev–Trinajstić information content (AvgIpc) is 2.14. The molecule has 0 fully saturated rings. The van der Waals surface area contributed by atoms with Crippen LogP contribution in [-0.4, -0.2) is 10.7 Å². The summed E-state index contributed by atoms with van der Waals surface area (Å²) in [5.41, 5.74) is 0. The summed E-state index contributed by atoms with van der Waals surface area (Å²) in [7, 11) is 3.53. The average molecular weight is 197 g/mol. The Hall–Kier alpha value is -0.410. The lowest BCUT2D eigenvalue weighted by atomic mass is 10.5. The van der Waals surface area contributed by atoms with E-state index in [1.807, 2.05) is 41.3 Å². The van der Waals surface area contributed by atoms with Gasteiger partial charge in [-0.15, -0.1) is 6.58 Å². The molecular formula is C9H11NS2. The molecule has 0 unspecified atom stereocenters. The van der Waals surface area contributed by atoms with Crippen molar-refractivity contribution < 1.29 is 0 Å². The first-order valence-corrected chi connectivity index (χ1v) is 6.07. The quantitative estimate of drug-likeness (QED) is 0.408. The van der Waals surface area contributed by atoms with E-state index in [1.165, 1.54) is 0 Å². The molecular weight excluding hydrogens is 186 g/mol. The molecule has 1 aromatic rings. The molecule has 0 spiro atoms. The van der Waals surface area contributed by atoms with Crippen LogP contribution in [0.5, 0.6) is 0 Å². The topological polar surface area (TPSA) is 12.9 Å². The molecule has 1 aromatic heterocycles. The first-order valence-electron chi connectivity index (χ1n) is 3.75. The van der Waals surface area contributed by atoms with E-state index >= 15 is 0 Å². The van der Waals surface area contributed by atoms with Gasteiger partial charge >= 0.3 is 0 Å². The van der Waals surface area contributed by atoms with Crippen molar-refractivity contribution in [3.63, 3.8) is 0 Å². The SMILES string of the molecule is C=CCCSSc1ccccn1. The van der Waals surface area contributed by atoms with Gasteiger partial charge in [0.2, 0.25) is 0 Å². The van der Waals surface area contributed by atoms with Crippen molar-refractivity contribution in [2.24, 2.45) is 0 Å². The normalized spacial score (nSPS) is 9.67. The second kappa shape index (κ2) is 6.14. The van der Waals surface area contributed by atoms with E-state index in [0.717, 1.165) is 17.2 Å². The number of pyridine rings is 1. The van der Waals surface area contributed by atoms with Crippen LogP contribution in [0.1, 0.15) is 6.42 Å². The molecule has 1 rings (SSSR count). The Bertz CT molecular complexity index is 223. The lowest BCUT2D eigenvalue weighted by Gasteiger charge is -1.96. The molecule has 0 radical (unpaired) electrons. The van der Waals surface area contributed by atoms with Crippen molar-refractivity contribution in [2.45, 2.75) is 11.4 Å². The van der Waals surface area contributed by atoms with Crippen molar-refractivity contribution in [1.82, 2.24) is 4.98 Å². The molecule has 0 aliphatic carbocycles. The number of allylic oxidation sites excluding steroid dienone is 1. The van der Waals surface area contributed by atoms with Gasteiger partial charge in [0, 0.05) is 11.9 Å². The van der Waals surface area contributed by atoms with E-state index in [-0.39, 0.29) is 0 Å². The van der Waals surface area contributed by atoms with Gasteiger partial charge in [-0.05, 0) is 29.3 Å². The van der Waals surface area contributed by atoms with E-state index < -0.39 is 0 Å². The lowest BCUT2D eigenvalue weighted by Crippen LogP contribution is -1.74. The third-order valence-corrected chi connectivity index (χ3v) is 3.49. The molecule has 0 amide bonds. The molecule has 0 aliphatic rings. The number of hydrogen-bond donors (Lipinski definition) is 0. The van der Waals surface area contributed by atoms with Crippen molar-refractivity contribution in [2.75, 3.05) is 5.75 Å². The van der Waals surface area contributed by atoms with Crippen LogP contribution in [0.2, 0.25) is 0 Å². The summed E-state index contributed by atoms with van der Waals surface area (Å²) < 4.78 is 0. The van der Waals surface area contributed by atoms with Crippen LogP contribution in [0, 0.1) is 0 Å². The highest BCUT2D eigenvalue weighted by Crippen LogP contribution is 2.29. The predicted octanol–water partition coefficient (Wildman–Crippen LogP) is 3.40. The Morgan fingerprint density at radius 1 is 1.50 bits per heavy atom. The zero-order chi connectivity index (χ0) is 8.65. The minimum absolute atomic E-state index is 1.06. The molecule has 0 bridgehead atoms. The zero-order valence-electron chi connectivity index (χ0n) is 6.77. The minimum atomic E-state index is 1.06. The number of hydrogen-bond acceptors (Lipinski definition) is 3. The van der Waals surface area contributed by atoms with Crippen LogP contribution in [0.25, 0.3) is 0 Å². The van der Waals surface area contributed by atoms with Gasteiger partial charge in [0.05, 0.1) is 0 Å². The number of aromatic nitrogens is 1. The molecule has 0 aliphatic heterocycles. The van der Waals surface area contributed by atoms with E-state index in [0.29, 0.717) is 0 Å². The van der Waals surface area contributed by atoms with Crippen molar-refractivity contribution in [3.05, 3.63) is 37.1 Å². The fourth-order valence-electron chi connectivity index (χ4n) is 0.630. The Balaban J connectivity index is 2.20. The van der Waals surface area contributed by atoms with E-state index in [2.05, 4.69) is 11.6 Å². The molecule has 0 N–H and O–H groups in total. The van der Waals surface area contributed by atoms with Gasteiger partial charge in [0.1, 0.15) is 5.03 Å². The fourth-order valence-corrected chi connectivity index (χ4v) is 2.53. The summed E-state index contributed by atoms with van der Waals surface area (Å²) >= 11 is 0. The Morgan fingerprint density at radius 3 is 3.08 bits per heavy atom. The molecule has 0 saturated heterocycles. The van der Waals surface area contributed by atoms with E-state index in [9.17, 15) is 0 Å². The maximum absolute atomic E-state index is 4.19. The molecule has 0 atom stereocenters. The Kier molecular flexibility index (Phi) is 4.95. The minimum Gasteiger partial charge on any atom is -0.249 e. The van der Waals surface area contributed by atoms with Gasteiger partial charge in [-0.1, -0.05) is 22.9 Å². The summed E-state index contributed by atoms with van der Waals surface area (Å²) in [4.78, 5) is 4.19. The highest BCUT2D eigenvalue weighted by molar-refractivity contribution is 8.76. The van der Waals surface area contributed by atoms with E-state index in [1.54, 1.807) is 10.8 Å². The molecule has 1 heterocycles. The Morgan fingerprint density at radius 2 is 2.42 bits per heavy atom. The third kappa shape index (κ3) is 3.83. The van der Waals surface area contributed by atoms with Crippen LogP contribution in [0.3, 0.4) is 0 Å². The van der Waals surface area contributed by atoms with Crippen LogP contribution < -0.4 is 0 Å². The lowest BCUT2D eigenvalue weighted by molar-refractivity contribution is 1.14. The molecule has 0 saturated carbocycles. The smallest absolute Gasteiger partial charge is 0.106 e. The van der Waals surface area contributed by atoms with E-state index in [4.69, 9.17) is 0 Å². The number of nitrogens with zero attached hydrogens (tertiary/aromatic N) is 1. The zero-order valence-corrected chi connectivity index (χ0v) is 8.40. The first kappa shape index (κ1) is 9.68. The van der Waals surface area contributed by atoms with Gasteiger partial charge in [0.25, 0.3) is 0 Å². The van der Waals surface area contributed by atoms with Crippen molar-refractivity contribution >= 4 is 21.6 Å². The van der Waals surface area contributed by atoms with Crippen molar-refractivity contribution in [1.29, 1.82) is 0 Å². The summed E-state index contributed by atoms with van der Waals surface area (Å²) in [6.07, 6.45) is 4.81. The Labute approximate surface area is 81.1 Å². The van der Waals surface area contributed by atoms with Crippen LogP contribution in [0.15, 0.2) is 42.1 Å².